The Labute approximate surface area is 93.0 Å². The van der Waals surface area contributed by atoms with Crippen LogP contribution in [0.3, 0.4) is 0 Å². The van der Waals surface area contributed by atoms with Crippen LogP contribution in [-0.2, 0) is 10.0 Å². The molecule has 1 N–H and O–H groups in total. The molecule has 0 saturated carbocycles. The number of nitrogens with zero attached hydrogens (tertiary/aromatic N) is 2. The van der Waals surface area contributed by atoms with Crippen LogP contribution in [0.5, 0.6) is 5.88 Å². The van der Waals surface area contributed by atoms with E-state index >= 15 is 0 Å². The molecule has 0 saturated heterocycles. The summed E-state index contributed by atoms with van der Waals surface area (Å²) >= 11 is 0. The average Bonchev–Trinajstić information content (AvgIpc) is 2.60. The van der Waals surface area contributed by atoms with Crippen LogP contribution >= 0.6 is 0 Å². The molecule has 6 heteroatoms. The highest BCUT2D eigenvalue weighted by Gasteiger charge is 2.21. The second kappa shape index (κ2) is 3.64. The van der Waals surface area contributed by atoms with Crippen molar-refractivity contribution in [2.75, 3.05) is 0 Å². The molecular weight excluding hydrogens is 228 g/mol. The van der Waals surface area contributed by atoms with Gasteiger partial charge in [0.2, 0.25) is 5.88 Å². The monoisotopic (exact) mass is 238 g/mol. The molecule has 1 aromatic heterocycles. The van der Waals surface area contributed by atoms with Crippen LogP contribution in [0.15, 0.2) is 41.3 Å². The van der Waals surface area contributed by atoms with Gasteiger partial charge in [-0.05, 0) is 19.1 Å². The molecule has 16 heavy (non-hydrogen) atoms. The van der Waals surface area contributed by atoms with E-state index in [9.17, 15) is 13.5 Å². The van der Waals surface area contributed by atoms with Crippen LogP contribution in [0.25, 0.3) is 0 Å². The number of hydrogen-bond acceptors (Lipinski definition) is 4. The zero-order valence-corrected chi connectivity index (χ0v) is 9.35. The molecule has 1 heterocycles. The topological polar surface area (TPSA) is 72.2 Å². The molecule has 0 aliphatic heterocycles. The first-order valence-electron chi connectivity index (χ1n) is 4.58. The highest BCUT2D eigenvalue weighted by Crippen LogP contribution is 2.19. The first-order chi connectivity index (χ1) is 7.51. The Morgan fingerprint density at radius 3 is 2.38 bits per heavy atom. The Kier molecular flexibility index (Phi) is 2.43. The summed E-state index contributed by atoms with van der Waals surface area (Å²) in [5.41, 5.74) is 0.442. The molecular formula is C10H10N2O3S. The fourth-order valence-corrected chi connectivity index (χ4v) is 2.57. The van der Waals surface area contributed by atoms with E-state index in [2.05, 4.69) is 5.10 Å². The van der Waals surface area contributed by atoms with Crippen LogP contribution in [0.4, 0.5) is 0 Å². The van der Waals surface area contributed by atoms with Crippen LogP contribution in [0, 0.1) is 6.92 Å². The lowest BCUT2D eigenvalue weighted by Crippen LogP contribution is -2.14. The molecule has 2 rings (SSSR count). The van der Waals surface area contributed by atoms with Crippen molar-refractivity contribution in [3.63, 3.8) is 0 Å². The molecule has 0 amide bonds. The number of benzene rings is 1. The molecule has 0 fully saturated rings. The Morgan fingerprint density at radius 1 is 1.25 bits per heavy atom. The van der Waals surface area contributed by atoms with Gasteiger partial charge in [0.05, 0.1) is 10.6 Å². The van der Waals surface area contributed by atoms with E-state index in [0.717, 1.165) is 0 Å². The number of aryl methyl sites for hydroxylation is 1. The Hall–Kier alpha value is -1.82. The van der Waals surface area contributed by atoms with E-state index in [4.69, 9.17) is 0 Å². The third-order valence-electron chi connectivity index (χ3n) is 2.05. The lowest BCUT2D eigenvalue weighted by Gasteiger charge is -2.04. The molecule has 0 aliphatic rings. The molecule has 0 radical (unpaired) electrons. The van der Waals surface area contributed by atoms with Crippen molar-refractivity contribution in [1.29, 1.82) is 0 Å². The van der Waals surface area contributed by atoms with Gasteiger partial charge in [-0.3, -0.25) is 0 Å². The summed E-state index contributed by atoms with van der Waals surface area (Å²) in [7, 11) is -3.79. The van der Waals surface area contributed by atoms with Crippen molar-refractivity contribution in [3.05, 3.63) is 42.1 Å². The third-order valence-corrected chi connectivity index (χ3v) is 3.64. The smallest absolute Gasteiger partial charge is 0.286 e. The molecule has 0 aliphatic carbocycles. The Balaban J connectivity index is 2.61. The van der Waals surface area contributed by atoms with Crippen molar-refractivity contribution < 1.29 is 13.5 Å². The molecule has 84 valence electrons. The minimum absolute atomic E-state index is 0.0911. The van der Waals surface area contributed by atoms with Crippen LogP contribution in [-0.4, -0.2) is 22.7 Å². The van der Waals surface area contributed by atoms with Gasteiger partial charge in [-0.2, -0.15) is 13.5 Å². The summed E-state index contributed by atoms with van der Waals surface area (Å²) < 4.78 is 24.6. The lowest BCUT2D eigenvalue weighted by atomic mass is 10.4. The third kappa shape index (κ3) is 1.67. The summed E-state index contributed by atoms with van der Waals surface area (Å²) in [5.74, 6) is -0.388. The first kappa shape index (κ1) is 10.7. The predicted molar refractivity (Wildman–Crippen MR) is 57.7 cm³/mol. The Bertz CT molecular complexity index is 602. The molecule has 0 spiro atoms. The van der Waals surface area contributed by atoms with Crippen molar-refractivity contribution >= 4 is 10.0 Å². The van der Waals surface area contributed by atoms with Gasteiger partial charge in [0, 0.05) is 6.07 Å². The molecule has 1 aromatic carbocycles. The summed E-state index contributed by atoms with van der Waals surface area (Å²) in [5, 5.41) is 13.2. The van der Waals surface area contributed by atoms with Crippen LogP contribution in [0.1, 0.15) is 5.69 Å². The maximum atomic E-state index is 12.0. The van der Waals surface area contributed by atoms with Gasteiger partial charge >= 0.3 is 0 Å². The minimum atomic E-state index is -3.79. The summed E-state index contributed by atoms with van der Waals surface area (Å²) in [6, 6.07) is 9.13. The highest BCUT2D eigenvalue weighted by molar-refractivity contribution is 7.90. The zero-order valence-electron chi connectivity index (χ0n) is 8.53. The largest absolute Gasteiger partial charge is 0.493 e. The van der Waals surface area contributed by atoms with E-state index < -0.39 is 10.0 Å². The summed E-state index contributed by atoms with van der Waals surface area (Å²) in [4.78, 5) is 0.0911. The van der Waals surface area contributed by atoms with Crippen molar-refractivity contribution in [1.82, 2.24) is 9.19 Å². The maximum absolute atomic E-state index is 12.0. The van der Waals surface area contributed by atoms with Gasteiger partial charge < -0.3 is 5.11 Å². The Morgan fingerprint density at radius 2 is 1.88 bits per heavy atom. The van der Waals surface area contributed by atoms with E-state index in [1.807, 2.05) is 0 Å². The van der Waals surface area contributed by atoms with Gasteiger partial charge in [0.15, 0.2) is 0 Å². The standard InChI is InChI=1S/C10H10N2O3S/c1-8-7-10(13)12(11-8)16(14,15)9-5-3-2-4-6-9/h2-7,13H,1H3. The number of aromatic hydroxyl groups is 1. The second-order valence-electron chi connectivity index (χ2n) is 3.30. The van der Waals surface area contributed by atoms with Crippen molar-refractivity contribution in [2.24, 2.45) is 0 Å². The molecule has 2 aromatic rings. The highest BCUT2D eigenvalue weighted by atomic mass is 32.2. The summed E-state index contributed by atoms with van der Waals surface area (Å²) in [6.07, 6.45) is 0. The van der Waals surface area contributed by atoms with Crippen molar-refractivity contribution in [2.45, 2.75) is 11.8 Å². The van der Waals surface area contributed by atoms with Gasteiger partial charge in [0.25, 0.3) is 10.0 Å². The van der Waals surface area contributed by atoms with E-state index in [-0.39, 0.29) is 10.8 Å². The first-order valence-corrected chi connectivity index (χ1v) is 6.02. The van der Waals surface area contributed by atoms with Gasteiger partial charge in [-0.1, -0.05) is 18.2 Å². The minimum Gasteiger partial charge on any atom is -0.493 e. The maximum Gasteiger partial charge on any atom is 0.286 e. The molecule has 5 nitrogen and oxygen atoms in total. The van der Waals surface area contributed by atoms with Crippen molar-refractivity contribution in [3.8, 4) is 5.88 Å². The lowest BCUT2D eigenvalue weighted by molar-refractivity contribution is 0.437. The van der Waals surface area contributed by atoms with Crippen LogP contribution in [0.2, 0.25) is 0 Å². The normalized spacial score (nSPS) is 11.6. The molecule has 0 bridgehead atoms. The van der Waals surface area contributed by atoms with E-state index in [1.54, 1.807) is 25.1 Å². The fraction of sp³-hybridized carbons (Fsp3) is 0.100. The zero-order chi connectivity index (χ0) is 11.8. The van der Waals surface area contributed by atoms with E-state index in [0.29, 0.717) is 9.78 Å². The fourth-order valence-electron chi connectivity index (χ4n) is 1.33. The SMILES string of the molecule is Cc1cc(O)n(S(=O)(=O)c2ccccc2)n1. The average molecular weight is 238 g/mol. The van der Waals surface area contributed by atoms with Crippen LogP contribution < -0.4 is 0 Å². The quantitative estimate of drug-likeness (QED) is 0.851. The van der Waals surface area contributed by atoms with Gasteiger partial charge in [0.1, 0.15) is 0 Å². The number of aromatic nitrogens is 2. The number of hydrogen-bond donors (Lipinski definition) is 1. The van der Waals surface area contributed by atoms with Gasteiger partial charge in [-0.25, -0.2) is 0 Å². The van der Waals surface area contributed by atoms with Gasteiger partial charge in [-0.15, -0.1) is 4.09 Å². The number of rotatable bonds is 2. The molecule has 0 unspecified atom stereocenters. The summed E-state index contributed by atoms with van der Waals surface area (Å²) in [6.45, 7) is 1.61. The second-order valence-corrected chi connectivity index (χ2v) is 5.07. The van der Waals surface area contributed by atoms with E-state index in [1.165, 1.54) is 18.2 Å². The molecule has 0 atom stereocenters. The predicted octanol–water partition coefficient (Wildman–Crippen LogP) is 1.13.